The highest BCUT2D eigenvalue weighted by atomic mass is 32.2. The van der Waals surface area contributed by atoms with E-state index in [-0.39, 0.29) is 4.90 Å². The number of piperazine rings is 1. The van der Waals surface area contributed by atoms with Crippen molar-refractivity contribution < 1.29 is 12.8 Å². The van der Waals surface area contributed by atoms with E-state index < -0.39 is 15.8 Å². The van der Waals surface area contributed by atoms with E-state index in [1.165, 1.54) is 28.1 Å². The molecular weight excluding hydrogens is 415 g/mol. The second kappa shape index (κ2) is 8.36. The van der Waals surface area contributed by atoms with Crippen molar-refractivity contribution in [2.24, 2.45) is 0 Å². The van der Waals surface area contributed by atoms with Crippen LogP contribution < -0.4 is 4.90 Å². The number of sulfonamides is 1. The van der Waals surface area contributed by atoms with Crippen molar-refractivity contribution in [3.05, 3.63) is 71.0 Å². The average Bonchev–Trinajstić information content (AvgIpc) is 2.76. The molecule has 6 nitrogen and oxygen atoms in total. The van der Waals surface area contributed by atoms with Gasteiger partial charge in [-0.1, -0.05) is 23.8 Å². The van der Waals surface area contributed by atoms with Gasteiger partial charge in [-0.2, -0.15) is 4.31 Å². The highest BCUT2D eigenvalue weighted by Gasteiger charge is 2.29. The van der Waals surface area contributed by atoms with E-state index in [0.717, 1.165) is 22.6 Å². The fourth-order valence-electron chi connectivity index (χ4n) is 3.82. The van der Waals surface area contributed by atoms with Crippen LogP contribution in [0.4, 0.5) is 10.2 Å². The predicted octanol–water partition coefficient (Wildman–Crippen LogP) is 3.72. The molecule has 0 spiro atoms. The molecule has 3 aromatic rings. The molecule has 1 fully saturated rings. The first-order valence-corrected chi connectivity index (χ1v) is 11.6. The molecule has 8 heteroatoms. The van der Waals surface area contributed by atoms with Crippen molar-refractivity contribution in [3.8, 4) is 11.3 Å². The van der Waals surface area contributed by atoms with Gasteiger partial charge >= 0.3 is 0 Å². The van der Waals surface area contributed by atoms with E-state index in [0.29, 0.717) is 31.7 Å². The van der Waals surface area contributed by atoms with Crippen LogP contribution in [0.1, 0.15) is 16.7 Å². The van der Waals surface area contributed by atoms with Gasteiger partial charge < -0.3 is 4.90 Å². The van der Waals surface area contributed by atoms with Gasteiger partial charge in [0.2, 0.25) is 10.0 Å². The molecule has 162 valence electrons. The monoisotopic (exact) mass is 440 g/mol. The summed E-state index contributed by atoms with van der Waals surface area (Å²) >= 11 is 0. The van der Waals surface area contributed by atoms with Crippen LogP contribution in [0.2, 0.25) is 0 Å². The van der Waals surface area contributed by atoms with Crippen molar-refractivity contribution in [1.29, 1.82) is 0 Å². The molecule has 31 heavy (non-hydrogen) atoms. The van der Waals surface area contributed by atoms with Gasteiger partial charge in [0, 0.05) is 31.7 Å². The second-order valence-electron chi connectivity index (χ2n) is 7.90. The van der Waals surface area contributed by atoms with Crippen LogP contribution in [0.15, 0.2) is 53.4 Å². The lowest BCUT2D eigenvalue weighted by molar-refractivity contribution is 0.383. The van der Waals surface area contributed by atoms with Crippen LogP contribution in [0.25, 0.3) is 11.3 Å². The smallest absolute Gasteiger partial charge is 0.243 e. The Morgan fingerprint density at radius 1 is 0.839 bits per heavy atom. The van der Waals surface area contributed by atoms with Crippen LogP contribution in [0.3, 0.4) is 0 Å². The minimum absolute atomic E-state index is 0.123. The van der Waals surface area contributed by atoms with Gasteiger partial charge in [-0.25, -0.2) is 12.8 Å². The summed E-state index contributed by atoms with van der Waals surface area (Å²) in [7, 11) is -3.65. The molecule has 1 saturated heterocycles. The normalized spacial score (nSPS) is 15.3. The van der Waals surface area contributed by atoms with Crippen LogP contribution >= 0.6 is 0 Å². The topological polar surface area (TPSA) is 66.4 Å². The van der Waals surface area contributed by atoms with Crippen molar-refractivity contribution in [2.75, 3.05) is 31.1 Å². The predicted molar refractivity (Wildman–Crippen MR) is 119 cm³/mol. The minimum atomic E-state index is -3.65. The molecule has 2 heterocycles. The fraction of sp³-hybridized carbons (Fsp3) is 0.304. The number of rotatable bonds is 4. The molecule has 0 N–H and O–H groups in total. The van der Waals surface area contributed by atoms with E-state index >= 15 is 0 Å². The zero-order valence-corrected chi connectivity index (χ0v) is 18.7. The standard InChI is InChI=1S/C23H25FN4O2S/c1-16-4-6-20(17(2)14-16)22-8-9-23(26-25-22)27-10-12-28(13-11-27)31(29,30)19-5-7-21(24)18(3)15-19/h4-9,14-15H,10-13H2,1-3H3. The van der Waals surface area contributed by atoms with Crippen LogP contribution in [-0.4, -0.2) is 49.1 Å². The summed E-state index contributed by atoms with van der Waals surface area (Å²) in [4.78, 5) is 2.15. The Morgan fingerprint density at radius 2 is 1.58 bits per heavy atom. The first kappa shape index (κ1) is 21.4. The molecular formula is C23H25FN4O2S. The zero-order valence-electron chi connectivity index (χ0n) is 17.8. The van der Waals surface area contributed by atoms with Gasteiger partial charge in [-0.3, -0.25) is 0 Å². The fourth-order valence-corrected chi connectivity index (χ4v) is 5.33. The molecule has 1 aromatic heterocycles. The summed E-state index contributed by atoms with van der Waals surface area (Å²) in [6, 6.07) is 14.0. The highest BCUT2D eigenvalue weighted by molar-refractivity contribution is 7.89. The molecule has 0 unspecified atom stereocenters. The van der Waals surface area contributed by atoms with Gasteiger partial charge in [0.15, 0.2) is 5.82 Å². The summed E-state index contributed by atoms with van der Waals surface area (Å²) < 4.78 is 40.8. The molecule has 0 aliphatic carbocycles. The number of aromatic nitrogens is 2. The molecule has 0 saturated carbocycles. The van der Waals surface area contributed by atoms with Crippen molar-refractivity contribution in [3.63, 3.8) is 0 Å². The lowest BCUT2D eigenvalue weighted by atomic mass is 10.0. The number of benzene rings is 2. The molecule has 0 atom stereocenters. The Balaban J connectivity index is 1.45. The van der Waals surface area contributed by atoms with Crippen molar-refractivity contribution in [1.82, 2.24) is 14.5 Å². The first-order chi connectivity index (χ1) is 14.8. The Labute approximate surface area is 182 Å². The maximum Gasteiger partial charge on any atom is 0.243 e. The van der Waals surface area contributed by atoms with Crippen LogP contribution in [0.5, 0.6) is 0 Å². The minimum Gasteiger partial charge on any atom is -0.352 e. The van der Waals surface area contributed by atoms with Gasteiger partial charge in [0.05, 0.1) is 10.6 Å². The Morgan fingerprint density at radius 3 is 2.19 bits per heavy atom. The second-order valence-corrected chi connectivity index (χ2v) is 9.84. The maximum atomic E-state index is 13.5. The Kier molecular flexibility index (Phi) is 5.77. The summed E-state index contributed by atoms with van der Waals surface area (Å²) in [6.45, 7) is 7.36. The first-order valence-electron chi connectivity index (χ1n) is 10.2. The largest absolute Gasteiger partial charge is 0.352 e. The Bertz CT molecular complexity index is 1200. The highest BCUT2D eigenvalue weighted by Crippen LogP contribution is 2.25. The number of hydrogen-bond acceptors (Lipinski definition) is 5. The van der Waals surface area contributed by atoms with Crippen molar-refractivity contribution in [2.45, 2.75) is 25.7 Å². The van der Waals surface area contributed by atoms with Gasteiger partial charge in [-0.15, -0.1) is 10.2 Å². The molecule has 0 radical (unpaired) electrons. The lowest BCUT2D eigenvalue weighted by Gasteiger charge is -2.34. The summed E-state index contributed by atoms with van der Waals surface area (Å²) in [6.07, 6.45) is 0. The summed E-state index contributed by atoms with van der Waals surface area (Å²) in [5.41, 5.74) is 4.54. The van der Waals surface area contributed by atoms with E-state index in [4.69, 9.17) is 0 Å². The third-order valence-corrected chi connectivity index (χ3v) is 7.53. The van der Waals surface area contributed by atoms with E-state index in [2.05, 4.69) is 42.2 Å². The lowest BCUT2D eigenvalue weighted by Crippen LogP contribution is -2.49. The van der Waals surface area contributed by atoms with Crippen LogP contribution in [-0.2, 0) is 10.0 Å². The molecule has 1 aliphatic heterocycles. The quantitative estimate of drug-likeness (QED) is 0.619. The third-order valence-electron chi connectivity index (χ3n) is 5.64. The molecule has 0 bridgehead atoms. The van der Waals surface area contributed by atoms with E-state index in [9.17, 15) is 12.8 Å². The number of anilines is 1. The van der Waals surface area contributed by atoms with Gasteiger partial charge in [0.1, 0.15) is 5.82 Å². The zero-order chi connectivity index (χ0) is 22.2. The Hall–Kier alpha value is -2.84. The van der Waals surface area contributed by atoms with Crippen molar-refractivity contribution >= 4 is 15.8 Å². The summed E-state index contributed by atoms with van der Waals surface area (Å²) in [5.74, 6) is 0.315. The van der Waals surface area contributed by atoms with Crippen LogP contribution in [0, 0.1) is 26.6 Å². The number of nitrogens with zero attached hydrogens (tertiary/aromatic N) is 4. The maximum absolute atomic E-state index is 13.5. The summed E-state index contributed by atoms with van der Waals surface area (Å²) in [5, 5.41) is 8.76. The van der Waals surface area contributed by atoms with Gasteiger partial charge in [0.25, 0.3) is 0 Å². The average molecular weight is 441 g/mol. The van der Waals surface area contributed by atoms with Gasteiger partial charge in [-0.05, 0) is 62.2 Å². The van der Waals surface area contributed by atoms with E-state index in [1.807, 2.05) is 17.0 Å². The SMILES string of the molecule is Cc1ccc(-c2ccc(N3CCN(S(=O)(=O)c4ccc(F)c(C)c4)CC3)nn2)c(C)c1. The van der Waals surface area contributed by atoms with E-state index in [1.54, 1.807) is 6.92 Å². The third kappa shape index (κ3) is 4.31. The number of hydrogen-bond donors (Lipinski definition) is 0. The molecule has 1 aliphatic rings. The molecule has 2 aromatic carbocycles. The number of aryl methyl sites for hydroxylation is 3. The molecule has 0 amide bonds. The number of halogens is 1. The molecule has 4 rings (SSSR count).